The average molecular weight is 404 g/mol. The highest BCUT2D eigenvalue weighted by Crippen LogP contribution is 2.26. The second-order valence-electron chi connectivity index (χ2n) is 7.84. The minimum atomic E-state index is -0.506. The number of aromatic nitrogens is 2. The van der Waals surface area contributed by atoms with E-state index in [1.165, 1.54) is 24.0 Å². The van der Waals surface area contributed by atoms with Gasteiger partial charge in [0.1, 0.15) is 11.6 Å². The van der Waals surface area contributed by atoms with Crippen molar-refractivity contribution in [2.24, 2.45) is 0 Å². The van der Waals surface area contributed by atoms with E-state index in [-0.39, 0.29) is 5.91 Å². The second-order valence-corrected chi connectivity index (χ2v) is 7.84. The van der Waals surface area contributed by atoms with Crippen LogP contribution in [0.3, 0.4) is 0 Å². The molecule has 5 heteroatoms. The minimum Gasteiger partial charge on any atom is -0.481 e. The fourth-order valence-electron chi connectivity index (χ4n) is 4.09. The summed E-state index contributed by atoms with van der Waals surface area (Å²) in [6.07, 6.45) is 8.55. The topological polar surface area (TPSA) is 56.1 Å². The molecule has 0 saturated heterocycles. The summed E-state index contributed by atoms with van der Waals surface area (Å²) in [5.41, 5.74) is 4.84. The third-order valence-corrected chi connectivity index (χ3v) is 5.79. The molecule has 0 saturated carbocycles. The first kappa shape index (κ1) is 20.2. The summed E-state index contributed by atoms with van der Waals surface area (Å²) in [6, 6.07) is 14.3. The third kappa shape index (κ3) is 4.40. The van der Waals surface area contributed by atoms with Crippen molar-refractivity contribution in [3.05, 3.63) is 77.4 Å². The van der Waals surface area contributed by atoms with E-state index in [1.54, 1.807) is 6.20 Å². The molecule has 0 radical (unpaired) electrons. The van der Waals surface area contributed by atoms with Crippen LogP contribution in [0.25, 0.3) is 5.69 Å². The molecule has 1 N–H and O–H groups in total. The van der Waals surface area contributed by atoms with E-state index in [9.17, 15) is 4.79 Å². The molecule has 4 rings (SSSR count). The summed E-state index contributed by atoms with van der Waals surface area (Å²) >= 11 is 0. The number of nitrogens with zero attached hydrogens (tertiary/aromatic N) is 2. The Balaban J connectivity index is 1.43. The summed E-state index contributed by atoms with van der Waals surface area (Å²) < 4.78 is 8.10. The lowest BCUT2D eigenvalue weighted by Crippen LogP contribution is -2.37. The lowest BCUT2D eigenvalue weighted by atomic mass is 9.92. The number of carbonyl (C=O) groups excluding carboxylic acids is 1. The predicted octanol–water partition coefficient (Wildman–Crippen LogP) is 4.53. The third-order valence-electron chi connectivity index (χ3n) is 5.79. The molecule has 0 fully saturated rings. The van der Waals surface area contributed by atoms with Crippen LogP contribution in [0.2, 0.25) is 0 Å². The molecule has 0 bridgehead atoms. The van der Waals surface area contributed by atoms with Crippen LogP contribution >= 0.6 is 0 Å². The van der Waals surface area contributed by atoms with Gasteiger partial charge in [-0.3, -0.25) is 4.79 Å². The number of carbonyl (C=O) groups is 1. The Morgan fingerprint density at radius 1 is 1.17 bits per heavy atom. The number of rotatable bonds is 7. The van der Waals surface area contributed by atoms with Crippen molar-refractivity contribution in [3.8, 4) is 11.4 Å². The van der Waals surface area contributed by atoms with E-state index in [4.69, 9.17) is 4.74 Å². The molecule has 1 aromatic heterocycles. The molecule has 1 amide bonds. The zero-order chi connectivity index (χ0) is 20.9. The van der Waals surface area contributed by atoms with E-state index in [0.717, 1.165) is 35.7 Å². The lowest BCUT2D eigenvalue weighted by Gasteiger charge is -2.21. The van der Waals surface area contributed by atoms with Crippen molar-refractivity contribution in [3.63, 3.8) is 0 Å². The van der Waals surface area contributed by atoms with Gasteiger partial charge >= 0.3 is 0 Å². The number of amides is 1. The maximum absolute atomic E-state index is 12.9. The van der Waals surface area contributed by atoms with Crippen molar-refractivity contribution < 1.29 is 9.53 Å². The Labute approximate surface area is 178 Å². The molecule has 0 spiro atoms. The summed E-state index contributed by atoms with van der Waals surface area (Å²) in [6.45, 7) is 4.39. The zero-order valence-corrected chi connectivity index (χ0v) is 17.7. The predicted molar refractivity (Wildman–Crippen MR) is 118 cm³/mol. The standard InChI is InChI=1S/C25H29N3O2/c1-3-24(30-22-13-12-19-8-4-5-9-20(19)16-22)25(29)27-17-21-10-6-7-11-23(21)28-15-14-26-18(28)2/h6-7,10-16,24H,3-5,8-9,17H2,1-2H3,(H,27,29)/t24-/m0/s1. The molecule has 3 aromatic rings. The second kappa shape index (κ2) is 9.16. The minimum absolute atomic E-state index is 0.0904. The van der Waals surface area contributed by atoms with Gasteiger partial charge in [0, 0.05) is 18.9 Å². The van der Waals surface area contributed by atoms with Gasteiger partial charge < -0.3 is 14.6 Å². The molecule has 1 heterocycles. The number of aryl methyl sites for hydroxylation is 3. The van der Waals surface area contributed by atoms with Gasteiger partial charge in [-0.15, -0.1) is 0 Å². The SMILES string of the molecule is CC[C@H](Oc1ccc2c(c1)CCCC2)C(=O)NCc1ccccc1-n1ccnc1C. The molecule has 1 aliphatic carbocycles. The van der Waals surface area contributed by atoms with Crippen LogP contribution in [0.1, 0.15) is 48.7 Å². The Morgan fingerprint density at radius 2 is 1.97 bits per heavy atom. The summed E-state index contributed by atoms with van der Waals surface area (Å²) in [5.74, 6) is 1.61. The van der Waals surface area contributed by atoms with Gasteiger partial charge in [-0.25, -0.2) is 4.98 Å². The quantitative estimate of drug-likeness (QED) is 0.630. The van der Waals surface area contributed by atoms with Crippen molar-refractivity contribution >= 4 is 5.91 Å². The number of hydrogen-bond donors (Lipinski definition) is 1. The number of hydrogen-bond acceptors (Lipinski definition) is 3. The molecule has 1 aliphatic rings. The van der Waals surface area contributed by atoms with Gasteiger partial charge in [0.05, 0.1) is 5.69 Å². The maximum atomic E-state index is 12.9. The molecule has 156 valence electrons. The highest BCUT2D eigenvalue weighted by atomic mass is 16.5. The summed E-state index contributed by atoms with van der Waals surface area (Å²) in [7, 11) is 0. The molecular weight excluding hydrogens is 374 g/mol. The van der Waals surface area contributed by atoms with Gasteiger partial charge in [-0.1, -0.05) is 31.2 Å². The van der Waals surface area contributed by atoms with Crippen LogP contribution in [0.4, 0.5) is 0 Å². The molecule has 5 nitrogen and oxygen atoms in total. The first-order valence-electron chi connectivity index (χ1n) is 10.8. The van der Waals surface area contributed by atoms with Gasteiger partial charge in [0.15, 0.2) is 6.10 Å². The fourth-order valence-corrected chi connectivity index (χ4v) is 4.09. The molecule has 0 aliphatic heterocycles. The highest BCUT2D eigenvalue weighted by Gasteiger charge is 2.20. The largest absolute Gasteiger partial charge is 0.481 e. The van der Waals surface area contributed by atoms with Crippen molar-refractivity contribution in [2.75, 3.05) is 0 Å². The average Bonchev–Trinajstić information content (AvgIpc) is 3.21. The molecule has 0 unspecified atom stereocenters. The van der Waals surface area contributed by atoms with Gasteiger partial charge in [-0.2, -0.15) is 0 Å². The van der Waals surface area contributed by atoms with Gasteiger partial charge in [0.2, 0.25) is 0 Å². The van der Waals surface area contributed by atoms with E-state index in [2.05, 4.69) is 22.4 Å². The lowest BCUT2D eigenvalue weighted by molar-refractivity contribution is -0.128. The van der Waals surface area contributed by atoms with E-state index in [1.807, 2.05) is 54.9 Å². The smallest absolute Gasteiger partial charge is 0.261 e. The number of para-hydroxylation sites is 1. The van der Waals surface area contributed by atoms with Crippen LogP contribution in [0.15, 0.2) is 54.9 Å². The Bertz CT molecular complexity index is 1020. The molecule has 30 heavy (non-hydrogen) atoms. The number of imidazole rings is 1. The molecular formula is C25H29N3O2. The normalized spacial score (nSPS) is 14.1. The van der Waals surface area contributed by atoms with Crippen LogP contribution in [0, 0.1) is 6.92 Å². The number of fused-ring (bicyclic) bond motifs is 1. The van der Waals surface area contributed by atoms with Crippen molar-refractivity contribution in [2.45, 2.75) is 58.6 Å². The first-order valence-corrected chi connectivity index (χ1v) is 10.8. The van der Waals surface area contributed by atoms with Crippen LogP contribution in [-0.2, 0) is 24.2 Å². The van der Waals surface area contributed by atoms with Gasteiger partial charge in [-0.05, 0) is 73.9 Å². The highest BCUT2D eigenvalue weighted by molar-refractivity contribution is 5.81. The fraction of sp³-hybridized carbons (Fsp3) is 0.360. The van der Waals surface area contributed by atoms with Gasteiger partial charge in [0.25, 0.3) is 5.91 Å². The summed E-state index contributed by atoms with van der Waals surface area (Å²) in [4.78, 5) is 17.2. The first-order chi connectivity index (χ1) is 14.7. The van der Waals surface area contributed by atoms with E-state index >= 15 is 0 Å². The van der Waals surface area contributed by atoms with Crippen LogP contribution in [0.5, 0.6) is 5.75 Å². The van der Waals surface area contributed by atoms with E-state index in [0.29, 0.717) is 13.0 Å². The van der Waals surface area contributed by atoms with Crippen LogP contribution in [-0.4, -0.2) is 21.6 Å². The Kier molecular flexibility index (Phi) is 6.17. The Morgan fingerprint density at radius 3 is 2.73 bits per heavy atom. The zero-order valence-electron chi connectivity index (χ0n) is 17.7. The van der Waals surface area contributed by atoms with E-state index < -0.39 is 6.10 Å². The number of ether oxygens (including phenoxy) is 1. The summed E-state index contributed by atoms with van der Waals surface area (Å²) in [5, 5.41) is 3.06. The number of nitrogens with one attached hydrogen (secondary N) is 1. The van der Waals surface area contributed by atoms with Crippen molar-refractivity contribution in [1.29, 1.82) is 0 Å². The molecule has 2 aromatic carbocycles. The van der Waals surface area contributed by atoms with Crippen LogP contribution < -0.4 is 10.1 Å². The number of benzene rings is 2. The monoisotopic (exact) mass is 403 g/mol. The molecule has 1 atom stereocenters. The maximum Gasteiger partial charge on any atom is 0.261 e. The van der Waals surface area contributed by atoms with Crippen molar-refractivity contribution in [1.82, 2.24) is 14.9 Å². The Hall–Kier alpha value is -3.08.